The number of hydrogen-bond donors (Lipinski definition) is 0. The Bertz CT molecular complexity index is 1300. The van der Waals surface area contributed by atoms with E-state index in [9.17, 15) is 9.18 Å². The zero-order chi connectivity index (χ0) is 23.5. The number of nitrogens with zero attached hydrogens (tertiary/aromatic N) is 4. The van der Waals surface area contributed by atoms with E-state index < -0.39 is 0 Å². The van der Waals surface area contributed by atoms with Crippen molar-refractivity contribution in [3.8, 4) is 28.6 Å². The molecule has 1 aliphatic rings. The molecule has 1 aliphatic heterocycles. The Morgan fingerprint density at radius 3 is 2.47 bits per heavy atom. The van der Waals surface area contributed by atoms with E-state index in [2.05, 4.69) is 15.0 Å². The number of piperazine rings is 1. The Morgan fingerprint density at radius 1 is 0.941 bits per heavy atom. The quantitative estimate of drug-likeness (QED) is 0.438. The standard InChI is InChI=1S/C26H23FN4O3/c1-33-23-8-3-2-7-22(23)30-13-15-31(16-14-30)26(32)20-6-4-5-19(17-20)25-28-24(29-34-25)18-9-11-21(27)12-10-18/h2-12,17H,13-16H2,1H3. The normalized spacial score (nSPS) is 13.7. The zero-order valence-corrected chi connectivity index (χ0v) is 18.6. The van der Waals surface area contributed by atoms with Crippen LogP contribution in [0.2, 0.25) is 0 Å². The van der Waals surface area contributed by atoms with Crippen LogP contribution in [0.3, 0.4) is 0 Å². The third-order valence-electron chi connectivity index (χ3n) is 5.88. The third kappa shape index (κ3) is 4.34. The molecular weight excluding hydrogens is 435 g/mol. The number of rotatable bonds is 5. The van der Waals surface area contributed by atoms with Crippen LogP contribution in [0.1, 0.15) is 10.4 Å². The van der Waals surface area contributed by atoms with Crippen LogP contribution >= 0.6 is 0 Å². The molecule has 2 heterocycles. The van der Waals surface area contributed by atoms with Gasteiger partial charge in [-0.25, -0.2) is 4.39 Å². The highest BCUT2D eigenvalue weighted by Crippen LogP contribution is 2.29. The molecule has 34 heavy (non-hydrogen) atoms. The van der Waals surface area contributed by atoms with Gasteiger partial charge in [0.25, 0.3) is 11.8 Å². The average molecular weight is 458 g/mol. The summed E-state index contributed by atoms with van der Waals surface area (Å²) in [5, 5.41) is 3.99. The van der Waals surface area contributed by atoms with Crippen LogP contribution in [0.25, 0.3) is 22.8 Å². The number of carbonyl (C=O) groups excluding carboxylic acids is 1. The van der Waals surface area contributed by atoms with Gasteiger partial charge < -0.3 is 19.1 Å². The van der Waals surface area contributed by atoms with Gasteiger partial charge in [0.1, 0.15) is 11.6 Å². The van der Waals surface area contributed by atoms with Gasteiger partial charge in [0.05, 0.1) is 12.8 Å². The van der Waals surface area contributed by atoms with Crippen LogP contribution in [0, 0.1) is 5.82 Å². The molecule has 1 fully saturated rings. The van der Waals surface area contributed by atoms with E-state index in [-0.39, 0.29) is 11.7 Å². The molecule has 5 rings (SSSR count). The molecule has 1 amide bonds. The van der Waals surface area contributed by atoms with Crippen LogP contribution in [-0.2, 0) is 0 Å². The summed E-state index contributed by atoms with van der Waals surface area (Å²) in [7, 11) is 1.66. The summed E-state index contributed by atoms with van der Waals surface area (Å²) in [4.78, 5) is 21.7. The molecule has 0 spiro atoms. The van der Waals surface area contributed by atoms with E-state index in [4.69, 9.17) is 9.26 Å². The van der Waals surface area contributed by atoms with E-state index in [1.807, 2.05) is 35.2 Å². The molecule has 0 radical (unpaired) electrons. The highest BCUT2D eigenvalue weighted by molar-refractivity contribution is 5.95. The molecule has 0 unspecified atom stereocenters. The summed E-state index contributed by atoms with van der Waals surface area (Å²) < 4.78 is 24.1. The van der Waals surface area contributed by atoms with Gasteiger partial charge in [-0.1, -0.05) is 23.4 Å². The van der Waals surface area contributed by atoms with Crippen molar-refractivity contribution in [3.05, 3.63) is 84.2 Å². The number of ether oxygens (including phenoxy) is 1. The van der Waals surface area contributed by atoms with Crippen molar-refractivity contribution in [1.29, 1.82) is 0 Å². The fourth-order valence-corrected chi connectivity index (χ4v) is 4.07. The first-order chi connectivity index (χ1) is 16.6. The number of anilines is 1. The van der Waals surface area contributed by atoms with Crippen molar-refractivity contribution in [3.63, 3.8) is 0 Å². The van der Waals surface area contributed by atoms with Gasteiger partial charge in [-0.05, 0) is 54.6 Å². The molecule has 1 saturated heterocycles. The van der Waals surface area contributed by atoms with E-state index in [0.29, 0.717) is 41.5 Å². The third-order valence-corrected chi connectivity index (χ3v) is 5.88. The molecule has 0 bridgehead atoms. The number of aromatic nitrogens is 2. The minimum Gasteiger partial charge on any atom is -0.495 e. The fourth-order valence-electron chi connectivity index (χ4n) is 4.07. The summed E-state index contributed by atoms with van der Waals surface area (Å²) in [6.07, 6.45) is 0. The van der Waals surface area contributed by atoms with Crippen molar-refractivity contribution in [2.45, 2.75) is 0 Å². The second kappa shape index (κ2) is 9.35. The van der Waals surface area contributed by atoms with Crippen molar-refractivity contribution in [2.75, 3.05) is 38.2 Å². The molecular formula is C26H23FN4O3. The number of hydrogen-bond acceptors (Lipinski definition) is 6. The summed E-state index contributed by atoms with van der Waals surface area (Å²) in [6.45, 7) is 2.65. The fraction of sp³-hybridized carbons (Fsp3) is 0.192. The van der Waals surface area contributed by atoms with Crippen molar-refractivity contribution in [1.82, 2.24) is 15.0 Å². The maximum absolute atomic E-state index is 13.2. The molecule has 8 heteroatoms. The monoisotopic (exact) mass is 458 g/mol. The number of benzene rings is 3. The van der Waals surface area contributed by atoms with Gasteiger partial charge in [0, 0.05) is 42.9 Å². The van der Waals surface area contributed by atoms with Gasteiger partial charge in [0.15, 0.2) is 0 Å². The van der Waals surface area contributed by atoms with E-state index in [1.165, 1.54) is 12.1 Å². The molecule has 4 aromatic rings. The number of carbonyl (C=O) groups is 1. The maximum atomic E-state index is 13.2. The Hall–Kier alpha value is -4.20. The van der Waals surface area contributed by atoms with Gasteiger partial charge >= 0.3 is 0 Å². The van der Waals surface area contributed by atoms with Crippen LogP contribution < -0.4 is 9.64 Å². The molecule has 0 aliphatic carbocycles. The minimum atomic E-state index is -0.331. The van der Waals surface area contributed by atoms with Crippen molar-refractivity contribution in [2.24, 2.45) is 0 Å². The molecule has 7 nitrogen and oxygen atoms in total. The van der Waals surface area contributed by atoms with E-state index in [0.717, 1.165) is 24.5 Å². The first-order valence-electron chi connectivity index (χ1n) is 11.0. The summed E-state index contributed by atoms with van der Waals surface area (Å²) >= 11 is 0. The number of para-hydroxylation sites is 2. The number of methoxy groups -OCH3 is 1. The average Bonchev–Trinajstić information content (AvgIpc) is 3.39. The summed E-state index contributed by atoms with van der Waals surface area (Å²) in [5.41, 5.74) is 2.90. The highest BCUT2D eigenvalue weighted by Gasteiger charge is 2.24. The highest BCUT2D eigenvalue weighted by atomic mass is 19.1. The van der Waals surface area contributed by atoms with E-state index >= 15 is 0 Å². The van der Waals surface area contributed by atoms with Gasteiger partial charge in [-0.15, -0.1) is 0 Å². The van der Waals surface area contributed by atoms with Gasteiger partial charge in [-0.2, -0.15) is 4.98 Å². The lowest BCUT2D eigenvalue weighted by molar-refractivity contribution is 0.0746. The summed E-state index contributed by atoms with van der Waals surface area (Å²) in [6, 6.07) is 20.9. The lowest BCUT2D eigenvalue weighted by Crippen LogP contribution is -2.48. The first kappa shape index (κ1) is 21.6. The second-order valence-corrected chi connectivity index (χ2v) is 7.96. The minimum absolute atomic E-state index is 0.0419. The van der Waals surface area contributed by atoms with Crippen molar-refractivity contribution >= 4 is 11.6 Å². The predicted molar refractivity (Wildman–Crippen MR) is 126 cm³/mol. The molecule has 3 aromatic carbocycles. The molecule has 0 N–H and O–H groups in total. The van der Waals surface area contributed by atoms with Gasteiger partial charge in [0.2, 0.25) is 5.82 Å². The van der Waals surface area contributed by atoms with Gasteiger partial charge in [-0.3, -0.25) is 4.79 Å². The Kier molecular flexibility index (Phi) is 5.95. The second-order valence-electron chi connectivity index (χ2n) is 7.96. The summed E-state index contributed by atoms with van der Waals surface area (Å²) in [5.74, 6) is 1.12. The Balaban J connectivity index is 1.29. The van der Waals surface area contributed by atoms with Crippen LogP contribution in [0.5, 0.6) is 5.75 Å². The molecule has 1 aromatic heterocycles. The SMILES string of the molecule is COc1ccccc1N1CCN(C(=O)c2cccc(-c3nc(-c4ccc(F)cc4)no3)c2)CC1. The smallest absolute Gasteiger partial charge is 0.258 e. The molecule has 172 valence electrons. The largest absolute Gasteiger partial charge is 0.495 e. The Labute approximate surface area is 196 Å². The van der Waals surface area contributed by atoms with Crippen LogP contribution in [0.4, 0.5) is 10.1 Å². The Morgan fingerprint density at radius 2 is 1.71 bits per heavy atom. The molecule has 0 atom stereocenters. The molecule has 0 saturated carbocycles. The van der Waals surface area contributed by atoms with E-state index in [1.54, 1.807) is 37.4 Å². The predicted octanol–water partition coefficient (Wildman–Crippen LogP) is 4.51. The van der Waals surface area contributed by atoms with Crippen LogP contribution in [0.15, 0.2) is 77.3 Å². The van der Waals surface area contributed by atoms with Crippen molar-refractivity contribution < 1.29 is 18.4 Å². The topological polar surface area (TPSA) is 71.7 Å². The lowest BCUT2D eigenvalue weighted by Gasteiger charge is -2.36. The maximum Gasteiger partial charge on any atom is 0.258 e. The lowest BCUT2D eigenvalue weighted by atomic mass is 10.1. The number of amides is 1. The van der Waals surface area contributed by atoms with Crippen LogP contribution in [-0.4, -0.2) is 54.2 Å². The zero-order valence-electron chi connectivity index (χ0n) is 18.6. The number of halogens is 1. The first-order valence-corrected chi connectivity index (χ1v) is 11.0.